The Labute approximate surface area is 94.7 Å². The molecule has 2 saturated carbocycles. The molecule has 0 atom stereocenters. The summed E-state index contributed by atoms with van der Waals surface area (Å²) >= 11 is 0. The molecule has 0 unspecified atom stereocenters. The average molecular weight is 226 g/mol. The highest BCUT2D eigenvalue weighted by Crippen LogP contribution is 2.59. The molecule has 0 aromatic rings. The fraction of sp³-hybridized carbons (Fsp3) is 0.833. The summed E-state index contributed by atoms with van der Waals surface area (Å²) in [6.07, 6.45) is 6.26. The second-order valence-corrected chi connectivity index (χ2v) is 5.21. The zero-order chi connectivity index (χ0) is 11.8. The van der Waals surface area contributed by atoms with Crippen molar-refractivity contribution in [1.82, 2.24) is 0 Å². The van der Waals surface area contributed by atoms with Gasteiger partial charge in [-0.05, 0) is 31.1 Å². The minimum Gasteiger partial charge on any atom is -0.480 e. The van der Waals surface area contributed by atoms with Gasteiger partial charge in [0, 0.05) is 0 Å². The van der Waals surface area contributed by atoms with Crippen molar-refractivity contribution >= 4 is 11.9 Å². The van der Waals surface area contributed by atoms with E-state index in [1.807, 2.05) is 0 Å². The van der Waals surface area contributed by atoms with Crippen molar-refractivity contribution in [2.45, 2.75) is 51.4 Å². The zero-order valence-corrected chi connectivity index (χ0v) is 9.37. The lowest BCUT2D eigenvalue weighted by molar-refractivity contribution is -0.181. The molecular formula is C12H18O4. The van der Waals surface area contributed by atoms with Crippen molar-refractivity contribution in [2.24, 2.45) is 10.8 Å². The van der Waals surface area contributed by atoms with Crippen LogP contribution < -0.4 is 0 Å². The van der Waals surface area contributed by atoms with Crippen molar-refractivity contribution in [1.29, 1.82) is 0 Å². The highest BCUT2D eigenvalue weighted by Gasteiger charge is 2.63. The SMILES string of the molecule is O=C(O)C1(C(=O)O)CCCCC12CCCC2. The quantitative estimate of drug-likeness (QED) is 0.708. The fourth-order valence-corrected chi connectivity index (χ4v) is 3.82. The van der Waals surface area contributed by atoms with E-state index in [0.29, 0.717) is 6.42 Å². The normalized spacial score (nSPS) is 26.8. The molecule has 2 fully saturated rings. The van der Waals surface area contributed by atoms with Gasteiger partial charge in [-0.25, -0.2) is 0 Å². The van der Waals surface area contributed by atoms with E-state index in [1.54, 1.807) is 0 Å². The van der Waals surface area contributed by atoms with Crippen LogP contribution in [0.5, 0.6) is 0 Å². The number of carbonyl (C=O) groups is 2. The van der Waals surface area contributed by atoms with Gasteiger partial charge < -0.3 is 10.2 Å². The molecule has 0 aromatic carbocycles. The minimum absolute atomic E-state index is 0.303. The van der Waals surface area contributed by atoms with E-state index in [-0.39, 0.29) is 0 Å². The van der Waals surface area contributed by atoms with Gasteiger partial charge >= 0.3 is 11.9 Å². The van der Waals surface area contributed by atoms with Gasteiger partial charge in [-0.1, -0.05) is 25.7 Å². The molecule has 4 nitrogen and oxygen atoms in total. The van der Waals surface area contributed by atoms with E-state index < -0.39 is 22.8 Å². The first kappa shape index (κ1) is 11.4. The first-order valence-electron chi connectivity index (χ1n) is 6.02. The largest absolute Gasteiger partial charge is 0.480 e. The van der Waals surface area contributed by atoms with Crippen molar-refractivity contribution < 1.29 is 19.8 Å². The maximum Gasteiger partial charge on any atom is 0.321 e. The van der Waals surface area contributed by atoms with Crippen molar-refractivity contribution in [3.05, 3.63) is 0 Å². The highest BCUT2D eigenvalue weighted by molar-refractivity contribution is 5.99. The van der Waals surface area contributed by atoms with Crippen LogP contribution >= 0.6 is 0 Å². The lowest BCUT2D eigenvalue weighted by Gasteiger charge is -2.46. The molecule has 0 amide bonds. The van der Waals surface area contributed by atoms with Gasteiger partial charge in [-0.2, -0.15) is 0 Å². The van der Waals surface area contributed by atoms with Crippen LogP contribution in [-0.4, -0.2) is 22.2 Å². The van der Waals surface area contributed by atoms with Crippen molar-refractivity contribution in [2.75, 3.05) is 0 Å². The van der Waals surface area contributed by atoms with Crippen LogP contribution in [-0.2, 0) is 9.59 Å². The van der Waals surface area contributed by atoms with Gasteiger partial charge in [-0.15, -0.1) is 0 Å². The third-order valence-electron chi connectivity index (χ3n) is 4.65. The van der Waals surface area contributed by atoms with E-state index in [0.717, 1.165) is 44.9 Å². The third-order valence-corrected chi connectivity index (χ3v) is 4.65. The smallest absolute Gasteiger partial charge is 0.321 e. The molecule has 0 aliphatic heterocycles. The topological polar surface area (TPSA) is 74.6 Å². The van der Waals surface area contributed by atoms with E-state index >= 15 is 0 Å². The molecule has 90 valence electrons. The Morgan fingerprint density at radius 3 is 1.50 bits per heavy atom. The van der Waals surface area contributed by atoms with Gasteiger partial charge in [0.05, 0.1) is 0 Å². The van der Waals surface area contributed by atoms with Gasteiger partial charge in [0.15, 0.2) is 5.41 Å². The van der Waals surface area contributed by atoms with Crippen LogP contribution in [0.15, 0.2) is 0 Å². The standard InChI is InChI=1S/C12H18O4/c13-9(14)12(10(15)16)8-4-3-7-11(12)5-1-2-6-11/h1-8H2,(H,13,14)(H,15,16). The van der Waals surface area contributed by atoms with Gasteiger partial charge in [0.1, 0.15) is 0 Å². The fourth-order valence-electron chi connectivity index (χ4n) is 3.82. The molecule has 0 bridgehead atoms. The summed E-state index contributed by atoms with van der Waals surface area (Å²) in [5, 5.41) is 18.8. The zero-order valence-electron chi connectivity index (χ0n) is 9.37. The monoisotopic (exact) mass is 226 g/mol. The van der Waals surface area contributed by atoms with E-state index in [1.165, 1.54) is 0 Å². The van der Waals surface area contributed by atoms with E-state index in [9.17, 15) is 19.8 Å². The molecule has 2 aliphatic carbocycles. The molecular weight excluding hydrogens is 208 g/mol. The Morgan fingerprint density at radius 1 is 0.750 bits per heavy atom. The first-order valence-corrected chi connectivity index (χ1v) is 6.02. The summed E-state index contributed by atoms with van der Waals surface area (Å²) in [5.41, 5.74) is -1.98. The van der Waals surface area contributed by atoms with Crippen LogP contribution in [0.25, 0.3) is 0 Å². The van der Waals surface area contributed by atoms with Crippen LogP contribution in [0.2, 0.25) is 0 Å². The summed E-state index contributed by atoms with van der Waals surface area (Å²) in [4.78, 5) is 23.0. The molecule has 0 aromatic heterocycles. The number of hydrogen-bond donors (Lipinski definition) is 2. The average Bonchev–Trinajstić information content (AvgIpc) is 2.67. The van der Waals surface area contributed by atoms with Crippen molar-refractivity contribution in [3.63, 3.8) is 0 Å². The van der Waals surface area contributed by atoms with Gasteiger partial charge in [-0.3, -0.25) is 9.59 Å². The van der Waals surface area contributed by atoms with E-state index in [2.05, 4.69) is 0 Å². The molecule has 0 radical (unpaired) electrons. The first-order chi connectivity index (χ1) is 7.55. The molecule has 1 spiro atoms. The molecule has 4 heteroatoms. The predicted molar refractivity (Wildman–Crippen MR) is 57.1 cm³/mol. The summed E-state index contributed by atoms with van der Waals surface area (Å²) < 4.78 is 0. The summed E-state index contributed by atoms with van der Waals surface area (Å²) in [5.74, 6) is -2.25. The number of carboxylic acids is 2. The minimum atomic E-state index is -1.51. The van der Waals surface area contributed by atoms with Crippen LogP contribution in [0.1, 0.15) is 51.4 Å². The molecule has 2 N–H and O–H groups in total. The number of carboxylic acid groups (broad SMARTS) is 2. The Kier molecular flexibility index (Phi) is 2.68. The second kappa shape index (κ2) is 3.75. The van der Waals surface area contributed by atoms with Crippen LogP contribution in [0, 0.1) is 10.8 Å². The highest BCUT2D eigenvalue weighted by atomic mass is 16.4. The molecule has 16 heavy (non-hydrogen) atoms. The lowest BCUT2D eigenvalue weighted by Crippen LogP contribution is -2.54. The summed E-state index contributed by atoms with van der Waals surface area (Å²) in [6.45, 7) is 0. The molecule has 0 saturated heterocycles. The maximum absolute atomic E-state index is 11.5. The number of hydrogen-bond acceptors (Lipinski definition) is 2. The second-order valence-electron chi connectivity index (χ2n) is 5.21. The Morgan fingerprint density at radius 2 is 1.12 bits per heavy atom. The maximum atomic E-state index is 11.5. The van der Waals surface area contributed by atoms with Crippen molar-refractivity contribution in [3.8, 4) is 0 Å². The van der Waals surface area contributed by atoms with Gasteiger partial charge in [0.2, 0.25) is 0 Å². The molecule has 2 aliphatic rings. The molecule has 2 rings (SSSR count). The van der Waals surface area contributed by atoms with E-state index in [4.69, 9.17) is 0 Å². The number of rotatable bonds is 2. The van der Waals surface area contributed by atoms with Gasteiger partial charge in [0.25, 0.3) is 0 Å². The predicted octanol–water partition coefficient (Wildman–Crippen LogP) is 2.28. The molecule has 0 heterocycles. The number of aliphatic carboxylic acids is 2. The Bertz CT molecular complexity index is 301. The Hall–Kier alpha value is -1.06. The third kappa shape index (κ3) is 1.28. The van der Waals surface area contributed by atoms with Crippen LogP contribution in [0.3, 0.4) is 0 Å². The summed E-state index contributed by atoms with van der Waals surface area (Å²) in [6, 6.07) is 0. The Balaban J connectivity index is 2.46. The lowest BCUT2D eigenvalue weighted by atomic mass is 9.55. The van der Waals surface area contributed by atoms with Crippen LogP contribution in [0.4, 0.5) is 0 Å². The summed E-state index contributed by atoms with van der Waals surface area (Å²) in [7, 11) is 0.